The number of ether oxygens (including phenoxy) is 3. The molecule has 144 valence electrons. The van der Waals surface area contributed by atoms with Crippen molar-refractivity contribution in [2.75, 3.05) is 27.3 Å². The molecular formula is C20H20N4O4. The van der Waals surface area contributed by atoms with Crippen LogP contribution in [0.1, 0.15) is 10.5 Å². The van der Waals surface area contributed by atoms with Crippen LogP contribution < -0.4 is 14.2 Å². The zero-order valence-electron chi connectivity index (χ0n) is 15.6. The molecule has 1 saturated heterocycles. The van der Waals surface area contributed by atoms with Crippen molar-refractivity contribution in [3.63, 3.8) is 0 Å². The summed E-state index contributed by atoms with van der Waals surface area (Å²) in [5.74, 6) is 1.92. The van der Waals surface area contributed by atoms with Crippen molar-refractivity contribution in [3.05, 3.63) is 54.5 Å². The number of nitrogens with one attached hydrogen (secondary N) is 1. The summed E-state index contributed by atoms with van der Waals surface area (Å²) in [6.45, 7) is 1.04. The summed E-state index contributed by atoms with van der Waals surface area (Å²) in [6.07, 6.45) is 3.32. The number of aromatic amines is 1. The van der Waals surface area contributed by atoms with Gasteiger partial charge in [0.05, 0.1) is 39.2 Å². The van der Waals surface area contributed by atoms with Crippen LogP contribution in [0, 0.1) is 0 Å². The zero-order chi connectivity index (χ0) is 19.5. The van der Waals surface area contributed by atoms with Crippen molar-refractivity contribution in [3.8, 4) is 28.5 Å². The maximum Gasteiger partial charge on any atom is 0.272 e. The summed E-state index contributed by atoms with van der Waals surface area (Å²) in [4.78, 5) is 18.4. The number of nitrogens with zero attached hydrogens (tertiary/aromatic N) is 3. The Labute approximate surface area is 162 Å². The predicted octanol–water partition coefficient (Wildman–Crippen LogP) is 2.39. The molecule has 0 radical (unpaired) electrons. The van der Waals surface area contributed by atoms with Gasteiger partial charge in [-0.1, -0.05) is 0 Å². The van der Waals surface area contributed by atoms with Crippen molar-refractivity contribution in [2.24, 2.45) is 0 Å². The normalized spacial score (nSPS) is 13.7. The lowest BCUT2D eigenvalue weighted by Crippen LogP contribution is -2.56. The van der Waals surface area contributed by atoms with E-state index in [1.807, 2.05) is 24.3 Å². The monoisotopic (exact) mass is 380 g/mol. The van der Waals surface area contributed by atoms with Gasteiger partial charge >= 0.3 is 0 Å². The number of pyridine rings is 1. The van der Waals surface area contributed by atoms with Gasteiger partial charge in [-0.25, -0.2) is 0 Å². The summed E-state index contributed by atoms with van der Waals surface area (Å²) < 4.78 is 16.4. The van der Waals surface area contributed by atoms with Gasteiger partial charge in [-0.15, -0.1) is 0 Å². The van der Waals surface area contributed by atoms with E-state index >= 15 is 0 Å². The third-order valence-electron chi connectivity index (χ3n) is 4.56. The second-order valence-corrected chi connectivity index (χ2v) is 6.37. The van der Waals surface area contributed by atoms with Crippen molar-refractivity contribution >= 4 is 5.91 Å². The molecule has 4 rings (SSSR count). The largest absolute Gasteiger partial charge is 0.497 e. The molecule has 0 unspecified atom stereocenters. The maximum atomic E-state index is 12.7. The molecule has 3 heterocycles. The van der Waals surface area contributed by atoms with E-state index < -0.39 is 0 Å². The van der Waals surface area contributed by atoms with Gasteiger partial charge in [0.1, 0.15) is 29.0 Å². The van der Waals surface area contributed by atoms with Crippen molar-refractivity contribution in [1.82, 2.24) is 20.1 Å². The molecule has 0 atom stereocenters. The number of carbonyl (C=O) groups is 1. The highest BCUT2D eigenvalue weighted by atomic mass is 16.5. The van der Waals surface area contributed by atoms with E-state index in [0.29, 0.717) is 41.7 Å². The average Bonchev–Trinajstić information content (AvgIpc) is 3.20. The Morgan fingerprint density at radius 2 is 2.00 bits per heavy atom. The Kier molecular flexibility index (Phi) is 4.84. The second-order valence-electron chi connectivity index (χ2n) is 6.37. The van der Waals surface area contributed by atoms with Crippen LogP contribution in [-0.2, 0) is 0 Å². The van der Waals surface area contributed by atoms with Gasteiger partial charge in [0.25, 0.3) is 5.91 Å². The molecule has 0 bridgehead atoms. The van der Waals surface area contributed by atoms with E-state index in [1.54, 1.807) is 43.6 Å². The smallest absolute Gasteiger partial charge is 0.272 e. The summed E-state index contributed by atoms with van der Waals surface area (Å²) >= 11 is 0. The topological polar surface area (TPSA) is 89.6 Å². The number of amides is 1. The summed E-state index contributed by atoms with van der Waals surface area (Å²) in [7, 11) is 3.19. The van der Waals surface area contributed by atoms with Gasteiger partial charge in [0.2, 0.25) is 0 Å². The molecule has 3 aromatic rings. The van der Waals surface area contributed by atoms with E-state index in [9.17, 15) is 4.79 Å². The molecule has 1 aromatic carbocycles. The first kappa shape index (κ1) is 17.8. The Bertz CT molecular complexity index is 967. The minimum Gasteiger partial charge on any atom is -0.497 e. The van der Waals surface area contributed by atoms with Gasteiger partial charge < -0.3 is 19.1 Å². The highest BCUT2D eigenvalue weighted by molar-refractivity contribution is 5.94. The number of carbonyl (C=O) groups excluding carboxylic acids is 1. The minimum absolute atomic E-state index is 0.0333. The van der Waals surface area contributed by atoms with Crippen molar-refractivity contribution in [2.45, 2.75) is 6.10 Å². The average molecular weight is 380 g/mol. The number of methoxy groups -OCH3 is 2. The second kappa shape index (κ2) is 7.59. The lowest BCUT2D eigenvalue weighted by atomic mass is 10.1. The number of aromatic nitrogens is 3. The van der Waals surface area contributed by atoms with Gasteiger partial charge in [0.15, 0.2) is 0 Å². The number of H-pyrrole nitrogens is 1. The Balaban J connectivity index is 1.43. The van der Waals surface area contributed by atoms with Crippen LogP contribution in [0.25, 0.3) is 11.3 Å². The fraction of sp³-hybridized carbons (Fsp3) is 0.250. The Morgan fingerprint density at radius 1 is 1.14 bits per heavy atom. The molecule has 28 heavy (non-hydrogen) atoms. The van der Waals surface area contributed by atoms with E-state index in [-0.39, 0.29) is 12.0 Å². The molecule has 1 aliphatic heterocycles. The number of likely N-dealkylation sites (tertiary alicyclic amines) is 1. The molecule has 0 aliphatic carbocycles. The number of hydrogen-bond donors (Lipinski definition) is 1. The van der Waals surface area contributed by atoms with Crippen molar-refractivity contribution in [1.29, 1.82) is 0 Å². The van der Waals surface area contributed by atoms with Crippen LogP contribution in [0.4, 0.5) is 0 Å². The lowest BCUT2D eigenvalue weighted by molar-refractivity contribution is 0.0172. The highest BCUT2D eigenvalue weighted by Gasteiger charge is 2.33. The van der Waals surface area contributed by atoms with Crippen LogP contribution in [-0.4, -0.2) is 59.4 Å². The van der Waals surface area contributed by atoms with E-state index in [0.717, 1.165) is 5.56 Å². The Hall–Kier alpha value is -3.55. The summed E-state index contributed by atoms with van der Waals surface area (Å²) in [5, 5.41) is 7.09. The molecule has 0 saturated carbocycles. The Morgan fingerprint density at radius 3 is 2.71 bits per heavy atom. The molecule has 8 nitrogen and oxygen atoms in total. The van der Waals surface area contributed by atoms with Crippen LogP contribution in [0.2, 0.25) is 0 Å². The first-order valence-electron chi connectivity index (χ1n) is 8.81. The summed E-state index contributed by atoms with van der Waals surface area (Å²) in [6, 6.07) is 10.8. The van der Waals surface area contributed by atoms with Crippen molar-refractivity contribution < 1.29 is 19.0 Å². The maximum absolute atomic E-state index is 12.7. The zero-order valence-corrected chi connectivity index (χ0v) is 15.6. The van der Waals surface area contributed by atoms with Crippen LogP contribution in [0.15, 0.2) is 48.8 Å². The minimum atomic E-state index is -0.119. The molecule has 2 aromatic heterocycles. The molecule has 1 aliphatic rings. The number of rotatable bonds is 6. The summed E-state index contributed by atoms with van der Waals surface area (Å²) in [5.41, 5.74) is 1.78. The lowest BCUT2D eigenvalue weighted by Gasteiger charge is -2.38. The first-order valence-corrected chi connectivity index (χ1v) is 8.81. The molecule has 8 heteroatoms. The third-order valence-corrected chi connectivity index (χ3v) is 4.56. The molecule has 0 spiro atoms. The number of benzene rings is 1. The van der Waals surface area contributed by atoms with E-state index in [4.69, 9.17) is 14.2 Å². The molecule has 1 amide bonds. The number of hydrogen-bond acceptors (Lipinski definition) is 6. The van der Waals surface area contributed by atoms with Crippen LogP contribution >= 0.6 is 0 Å². The van der Waals surface area contributed by atoms with E-state index in [1.165, 1.54) is 0 Å². The predicted molar refractivity (Wildman–Crippen MR) is 102 cm³/mol. The molecule has 1 fully saturated rings. The van der Waals surface area contributed by atoms with Crippen LogP contribution in [0.3, 0.4) is 0 Å². The quantitative estimate of drug-likeness (QED) is 0.706. The highest BCUT2D eigenvalue weighted by Crippen LogP contribution is 2.32. The van der Waals surface area contributed by atoms with Gasteiger partial charge in [0, 0.05) is 11.8 Å². The third kappa shape index (κ3) is 3.48. The van der Waals surface area contributed by atoms with Gasteiger partial charge in [-0.3, -0.25) is 14.9 Å². The van der Waals surface area contributed by atoms with Crippen LogP contribution in [0.5, 0.6) is 17.2 Å². The van der Waals surface area contributed by atoms with E-state index in [2.05, 4.69) is 15.2 Å². The standard InChI is InChI=1S/C20H20N4O4/c1-26-13-5-6-19(27-2)16(8-13)17-9-18(23-22-17)20(25)24-11-15(12-24)28-14-4-3-7-21-10-14/h3-10,15H,11-12H2,1-2H3,(H,22,23). The first-order chi connectivity index (χ1) is 13.7. The fourth-order valence-electron chi connectivity index (χ4n) is 3.04. The van der Waals surface area contributed by atoms with Gasteiger partial charge in [-0.2, -0.15) is 5.10 Å². The van der Waals surface area contributed by atoms with Gasteiger partial charge in [-0.05, 0) is 36.4 Å². The fourth-order valence-corrected chi connectivity index (χ4v) is 3.04. The molecule has 1 N–H and O–H groups in total. The molecular weight excluding hydrogens is 360 g/mol. The SMILES string of the molecule is COc1ccc(OC)c(-c2cc(C(=O)N3CC(Oc4cccnc4)C3)[nH]n2)c1.